The molecule has 0 aliphatic carbocycles. The van der Waals surface area contributed by atoms with Gasteiger partial charge in [-0.3, -0.25) is 14.4 Å². The number of hydrogen-bond donors (Lipinski definition) is 3. The van der Waals surface area contributed by atoms with E-state index in [1.54, 1.807) is 12.1 Å². The molecule has 0 aliphatic heterocycles. The lowest BCUT2D eigenvalue weighted by atomic mass is 10.1. The molecule has 3 aromatic rings. The number of halogens is 1. The molecule has 0 radical (unpaired) electrons. The van der Waals surface area contributed by atoms with Gasteiger partial charge in [0.2, 0.25) is 0 Å². The highest BCUT2D eigenvalue weighted by Gasteiger charge is 2.08. The van der Waals surface area contributed by atoms with E-state index in [2.05, 4.69) is 5.32 Å². The molecule has 9 nitrogen and oxygen atoms in total. The minimum Gasteiger partial charge on any atom is -0.378 e. The number of carbonyl (C=O) groups excluding carboxylic acids is 3. The fourth-order valence-corrected chi connectivity index (χ4v) is 3.57. The number of rotatable bonds is 11. The van der Waals surface area contributed by atoms with Crippen molar-refractivity contribution in [3.05, 3.63) is 89.5 Å². The van der Waals surface area contributed by atoms with Crippen LogP contribution in [0.2, 0.25) is 0 Å². The van der Waals surface area contributed by atoms with E-state index in [-0.39, 0.29) is 11.7 Å². The monoisotopic (exact) mass is 596 g/mol. The summed E-state index contributed by atoms with van der Waals surface area (Å²) in [5.74, 6) is -0.0158. The Labute approximate surface area is 255 Å². The molecule has 3 rings (SSSR count). The SMILES string of the molecule is CN(C)c1ccc(C(=O)CCCNC(=O)c2ccc(N(C)C)cc2)cc1.CN(C)c1ccc(C(=O)Cl)cc1.NCCN. The number of nitrogens with two attached hydrogens (primary N) is 2. The number of nitrogens with zero attached hydrogens (tertiary/aromatic N) is 3. The predicted molar refractivity (Wildman–Crippen MR) is 176 cm³/mol. The second-order valence-corrected chi connectivity index (χ2v) is 10.3. The second-order valence-electron chi connectivity index (χ2n) is 9.96. The number of nitrogens with one attached hydrogen (secondary N) is 1. The number of anilines is 3. The van der Waals surface area contributed by atoms with E-state index >= 15 is 0 Å². The summed E-state index contributed by atoms with van der Waals surface area (Å²) < 4.78 is 0. The Morgan fingerprint density at radius 2 is 0.976 bits per heavy atom. The number of ketones is 1. The third-order valence-corrected chi connectivity index (χ3v) is 6.21. The first-order chi connectivity index (χ1) is 19.9. The maximum absolute atomic E-state index is 12.2. The summed E-state index contributed by atoms with van der Waals surface area (Å²) in [6.07, 6.45) is 1.04. The van der Waals surface area contributed by atoms with E-state index in [1.807, 2.05) is 118 Å². The lowest BCUT2D eigenvalue weighted by Crippen LogP contribution is -2.25. The number of benzene rings is 3. The van der Waals surface area contributed by atoms with Crippen LogP contribution in [0.1, 0.15) is 43.9 Å². The van der Waals surface area contributed by atoms with Crippen LogP contribution in [-0.2, 0) is 0 Å². The van der Waals surface area contributed by atoms with E-state index in [1.165, 1.54) is 0 Å². The largest absolute Gasteiger partial charge is 0.378 e. The Balaban J connectivity index is 0.000000455. The van der Waals surface area contributed by atoms with Crippen LogP contribution < -0.4 is 31.5 Å². The number of Topliss-reactive ketones (excluding diaryl/α,β-unsaturated/α-hetero) is 1. The minimum atomic E-state index is -0.416. The molecule has 0 spiro atoms. The van der Waals surface area contributed by atoms with Crippen molar-refractivity contribution in [2.45, 2.75) is 12.8 Å². The van der Waals surface area contributed by atoms with E-state index in [9.17, 15) is 14.4 Å². The Hall–Kier alpha value is -3.92. The van der Waals surface area contributed by atoms with Crippen molar-refractivity contribution in [3.8, 4) is 0 Å². The van der Waals surface area contributed by atoms with Gasteiger partial charge in [0.25, 0.3) is 11.1 Å². The molecule has 0 atom stereocenters. The highest BCUT2D eigenvalue weighted by molar-refractivity contribution is 6.67. The second kappa shape index (κ2) is 19.2. The van der Waals surface area contributed by atoms with Crippen LogP contribution in [0.25, 0.3) is 0 Å². The van der Waals surface area contributed by atoms with Gasteiger partial charge in [0.15, 0.2) is 5.78 Å². The Morgan fingerprint density at radius 3 is 1.31 bits per heavy atom. The van der Waals surface area contributed by atoms with Gasteiger partial charge in [-0.2, -0.15) is 0 Å². The van der Waals surface area contributed by atoms with Crippen LogP contribution in [0.5, 0.6) is 0 Å². The van der Waals surface area contributed by atoms with Crippen molar-refractivity contribution in [2.24, 2.45) is 11.5 Å². The molecule has 0 saturated heterocycles. The molecular formula is C32H45ClN6O3. The van der Waals surface area contributed by atoms with Gasteiger partial charge in [0.1, 0.15) is 0 Å². The average Bonchev–Trinajstić information content (AvgIpc) is 2.99. The molecule has 10 heteroatoms. The van der Waals surface area contributed by atoms with Crippen LogP contribution in [-0.4, -0.2) is 78.9 Å². The van der Waals surface area contributed by atoms with Gasteiger partial charge in [0.05, 0.1) is 0 Å². The maximum atomic E-state index is 12.2. The first kappa shape index (κ1) is 36.1. The lowest BCUT2D eigenvalue weighted by molar-refractivity contribution is 0.0938. The molecule has 0 bridgehead atoms. The smallest absolute Gasteiger partial charge is 0.252 e. The van der Waals surface area contributed by atoms with Crippen molar-refractivity contribution >= 4 is 45.6 Å². The molecule has 0 heterocycles. The normalized spacial score (nSPS) is 9.83. The molecule has 0 saturated carbocycles. The third-order valence-electron chi connectivity index (χ3n) is 6.00. The number of hydrogen-bond acceptors (Lipinski definition) is 8. The highest BCUT2D eigenvalue weighted by Crippen LogP contribution is 2.15. The number of carbonyl (C=O) groups is 3. The van der Waals surface area contributed by atoms with Crippen molar-refractivity contribution in [1.82, 2.24) is 5.32 Å². The summed E-state index contributed by atoms with van der Waals surface area (Å²) in [4.78, 5) is 41.0. The average molecular weight is 597 g/mol. The molecule has 1 amide bonds. The standard InChI is InChI=1S/C21H27N3O2.C9H10ClNO.C2H8N2/c1-23(2)18-11-7-16(8-12-18)20(25)6-5-15-22-21(26)17-9-13-19(14-10-17)24(3)4;1-11(2)8-5-3-7(4-6-8)9(10)12;3-1-2-4/h7-14H,5-6,15H2,1-4H3,(H,22,26);3-6H,1-2H3;1-4H2. The molecule has 0 unspecified atom stereocenters. The molecule has 3 aromatic carbocycles. The van der Waals surface area contributed by atoms with Gasteiger partial charge in [0, 0.05) is 102 Å². The molecular weight excluding hydrogens is 552 g/mol. The molecule has 228 valence electrons. The Bertz CT molecular complexity index is 1160. The van der Waals surface area contributed by atoms with E-state index < -0.39 is 5.24 Å². The summed E-state index contributed by atoms with van der Waals surface area (Å²) >= 11 is 5.28. The Morgan fingerprint density at radius 1 is 0.619 bits per heavy atom. The van der Waals surface area contributed by atoms with Crippen molar-refractivity contribution in [2.75, 3.05) is 76.6 Å². The van der Waals surface area contributed by atoms with Gasteiger partial charge in [-0.1, -0.05) is 0 Å². The fourth-order valence-electron chi connectivity index (χ4n) is 3.44. The maximum Gasteiger partial charge on any atom is 0.252 e. The topological polar surface area (TPSA) is 125 Å². The van der Waals surface area contributed by atoms with Gasteiger partial charge in [-0.25, -0.2) is 0 Å². The van der Waals surface area contributed by atoms with Crippen LogP contribution >= 0.6 is 11.6 Å². The zero-order chi connectivity index (χ0) is 31.7. The van der Waals surface area contributed by atoms with Crippen molar-refractivity contribution in [3.63, 3.8) is 0 Å². The van der Waals surface area contributed by atoms with Gasteiger partial charge >= 0.3 is 0 Å². The summed E-state index contributed by atoms with van der Waals surface area (Å²) in [5, 5.41) is 2.45. The quantitative estimate of drug-likeness (QED) is 0.170. The van der Waals surface area contributed by atoms with Gasteiger partial charge in [-0.05, 0) is 90.8 Å². The zero-order valence-corrected chi connectivity index (χ0v) is 26.3. The van der Waals surface area contributed by atoms with E-state index in [0.717, 1.165) is 17.1 Å². The van der Waals surface area contributed by atoms with Crippen LogP contribution in [0.4, 0.5) is 17.1 Å². The minimum absolute atomic E-state index is 0.0971. The summed E-state index contributed by atoms with van der Waals surface area (Å²) in [6, 6.07) is 22.2. The number of amides is 1. The van der Waals surface area contributed by atoms with Gasteiger partial charge in [-0.15, -0.1) is 0 Å². The van der Waals surface area contributed by atoms with Crippen molar-refractivity contribution in [1.29, 1.82) is 0 Å². The molecule has 0 fully saturated rings. The van der Waals surface area contributed by atoms with Crippen LogP contribution in [0, 0.1) is 0 Å². The first-order valence-electron chi connectivity index (χ1n) is 13.6. The molecule has 0 aliphatic rings. The fraction of sp³-hybridized carbons (Fsp3) is 0.344. The van der Waals surface area contributed by atoms with Crippen molar-refractivity contribution < 1.29 is 14.4 Å². The van der Waals surface area contributed by atoms with Crippen LogP contribution in [0.3, 0.4) is 0 Å². The Kier molecular flexibility index (Phi) is 16.5. The summed E-state index contributed by atoms with van der Waals surface area (Å²) in [6.45, 7) is 1.68. The summed E-state index contributed by atoms with van der Waals surface area (Å²) in [5.41, 5.74) is 14.8. The molecule has 42 heavy (non-hydrogen) atoms. The van der Waals surface area contributed by atoms with Crippen LogP contribution in [0.15, 0.2) is 72.8 Å². The van der Waals surface area contributed by atoms with E-state index in [0.29, 0.717) is 49.2 Å². The molecule has 0 aromatic heterocycles. The first-order valence-corrected chi connectivity index (χ1v) is 14.0. The summed E-state index contributed by atoms with van der Waals surface area (Å²) in [7, 11) is 11.7. The van der Waals surface area contributed by atoms with E-state index in [4.69, 9.17) is 23.1 Å². The predicted octanol–water partition coefficient (Wildman–Crippen LogP) is 4.25. The molecule has 5 N–H and O–H groups in total. The zero-order valence-electron chi connectivity index (χ0n) is 25.6. The third kappa shape index (κ3) is 13.2. The lowest BCUT2D eigenvalue weighted by Gasteiger charge is -2.13. The van der Waals surface area contributed by atoms with Gasteiger partial charge < -0.3 is 31.5 Å². The highest BCUT2D eigenvalue weighted by atomic mass is 35.5.